The Bertz CT molecular complexity index is 1800. The average Bonchev–Trinajstić information content (AvgIpc) is 3.73. The molecule has 1 unspecified atom stereocenters. The fraction of sp³-hybridized carbons (Fsp3) is 0.378. The first-order valence-electron chi connectivity index (χ1n) is 16.8. The van der Waals surface area contributed by atoms with Crippen LogP contribution >= 0.6 is 0 Å². The van der Waals surface area contributed by atoms with E-state index in [4.69, 9.17) is 4.74 Å². The van der Waals surface area contributed by atoms with Gasteiger partial charge in [0.2, 0.25) is 11.8 Å². The Balaban J connectivity index is 1.03. The molecule has 0 bridgehead atoms. The molecule has 49 heavy (non-hydrogen) atoms. The van der Waals surface area contributed by atoms with Gasteiger partial charge in [0.05, 0.1) is 24.1 Å². The van der Waals surface area contributed by atoms with Gasteiger partial charge in [-0.25, -0.2) is 14.4 Å². The summed E-state index contributed by atoms with van der Waals surface area (Å²) >= 11 is 0. The van der Waals surface area contributed by atoms with E-state index < -0.39 is 5.41 Å². The van der Waals surface area contributed by atoms with E-state index in [-0.39, 0.29) is 30.8 Å². The first-order chi connectivity index (χ1) is 23.9. The van der Waals surface area contributed by atoms with Crippen molar-refractivity contribution in [3.05, 3.63) is 90.7 Å². The SMILES string of the molecule is CC/C=C(F)\C=C/Cc1[nH]nc2ccc(NC(=O)C3(COC)CCN(CC(=O)N4CCN(c5ccc(-c6ncccn6)cc5)CC4)C3)cc12. The highest BCUT2D eigenvalue weighted by atomic mass is 19.1. The Hall–Kier alpha value is -4.94. The number of anilines is 2. The number of ether oxygens (including phenoxy) is 1. The summed E-state index contributed by atoms with van der Waals surface area (Å²) in [7, 11) is 1.60. The third kappa shape index (κ3) is 8.03. The second-order valence-electron chi connectivity index (χ2n) is 12.7. The highest BCUT2D eigenvalue weighted by molar-refractivity contribution is 5.98. The second-order valence-corrected chi connectivity index (χ2v) is 12.7. The van der Waals surface area contributed by atoms with E-state index in [0.717, 1.165) is 40.9 Å². The Morgan fingerprint density at radius 3 is 2.57 bits per heavy atom. The number of benzene rings is 2. The van der Waals surface area contributed by atoms with Crippen LogP contribution in [-0.4, -0.2) is 101 Å². The largest absolute Gasteiger partial charge is 0.384 e. The molecular formula is C37H43FN8O3. The molecule has 2 amide bonds. The molecule has 0 aliphatic carbocycles. The van der Waals surface area contributed by atoms with Crippen molar-refractivity contribution in [3.8, 4) is 11.4 Å². The minimum Gasteiger partial charge on any atom is -0.384 e. The highest BCUT2D eigenvalue weighted by Crippen LogP contribution is 2.33. The molecule has 12 heteroatoms. The van der Waals surface area contributed by atoms with Crippen molar-refractivity contribution in [2.75, 3.05) is 69.7 Å². The molecule has 2 N–H and O–H groups in total. The minimum absolute atomic E-state index is 0.0712. The lowest BCUT2D eigenvalue weighted by molar-refractivity contribution is -0.133. The number of methoxy groups -OCH3 is 1. The lowest BCUT2D eigenvalue weighted by Crippen LogP contribution is -2.51. The van der Waals surface area contributed by atoms with Gasteiger partial charge in [-0.1, -0.05) is 13.0 Å². The lowest BCUT2D eigenvalue weighted by atomic mass is 9.87. The Morgan fingerprint density at radius 2 is 1.84 bits per heavy atom. The molecule has 2 saturated heterocycles. The van der Waals surface area contributed by atoms with Gasteiger partial charge in [0, 0.05) is 86.7 Å². The number of aromatic nitrogens is 4. The number of likely N-dealkylation sites (tertiary alicyclic amines) is 1. The van der Waals surface area contributed by atoms with Crippen molar-refractivity contribution in [2.24, 2.45) is 5.41 Å². The zero-order valence-electron chi connectivity index (χ0n) is 28.1. The predicted octanol–water partition coefficient (Wildman–Crippen LogP) is 5.01. The molecule has 6 rings (SSSR count). The first-order valence-corrected chi connectivity index (χ1v) is 16.8. The molecule has 2 aliphatic heterocycles. The van der Waals surface area contributed by atoms with Crippen molar-refractivity contribution in [1.82, 2.24) is 30.0 Å². The highest BCUT2D eigenvalue weighted by Gasteiger charge is 2.45. The first kappa shape index (κ1) is 33.9. The maximum absolute atomic E-state index is 13.8. The monoisotopic (exact) mass is 666 g/mol. The van der Waals surface area contributed by atoms with Crippen molar-refractivity contribution in [3.63, 3.8) is 0 Å². The van der Waals surface area contributed by atoms with E-state index >= 15 is 0 Å². The van der Waals surface area contributed by atoms with Crippen LogP contribution in [0.3, 0.4) is 0 Å². The normalized spacial score (nSPS) is 18.9. The molecule has 2 fully saturated rings. The predicted molar refractivity (Wildman–Crippen MR) is 189 cm³/mol. The number of nitrogens with zero attached hydrogens (tertiary/aromatic N) is 6. The molecule has 11 nitrogen and oxygen atoms in total. The molecule has 4 heterocycles. The van der Waals surface area contributed by atoms with E-state index in [1.54, 1.807) is 31.6 Å². The van der Waals surface area contributed by atoms with Gasteiger partial charge in [0.15, 0.2) is 5.82 Å². The molecule has 2 aliphatic rings. The number of rotatable bonds is 12. The van der Waals surface area contributed by atoms with Crippen molar-refractivity contribution in [2.45, 2.75) is 26.2 Å². The summed E-state index contributed by atoms with van der Waals surface area (Å²) in [5.41, 5.74) is 3.53. The van der Waals surface area contributed by atoms with Crippen LogP contribution < -0.4 is 10.2 Å². The number of carbonyl (C=O) groups excluding carboxylic acids is 2. The van der Waals surface area contributed by atoms with Crippen LogP contribution in [0, 0.1) is 5.41 Å². The van der Waals surface area contributed by atoms with Gasteiger partial charge in [-0.15, -0.1) is 0 Å². The average molecular weight is 667 g/mol. The van der Waals surface area contributed by atoms with Gasteiger partial charge in [-0.2, -0.15) is 5.10 Å². The number of halogens is 1. The third-order valence-corrected chi connectivity index (χ3v) is 9.27. The molecule has 4 aromatic rings. The van der Waals surface area contributed by atoms with Crippen LogP contribution in [0.1, 0.15) is 25.5 Å². The summed E-state index contributed by atoms with van der Waals surface area (Å²) in [5.74, 6) is 0.359. The maximum Gasteiger partial charge on any atom is 0.236 e. The summed E-state index contributed by atoms with van der Waals surface area (Å²) in [4.78, 5) is 42.1. The lowest BCUT2D eigenvalue weighted by Gasteiger charge is -2.37. The maximum atomic E-state index is 13.8. The zero-order valence-corrected chi connectivity index (χ0v) is 28.1. The summed E-state index contributed by atoms with van der Waals surface area (Å²) < 4.78 is 19.3. The standard InChI is InChI=1S/C37H43FN8O3/c1-3-6-28(38)7-4-8-32-31-23-29(11-14-33(31)43-42-32)41-36(48)37(26-49-2)15-18-44(25-37)24-34(47)46-21-19-45(20-22-46)30-12-9-27(10-13-30)35-39-16-5-17-40-35/h4-7,9-14,16-17,23H,3,8,15,18-22,24-26H2,1-2H3,(H,41,48)(H,42,43)/b7-4-,28-6+. The van der Waals surface area contributed by atoms with Gasteiger partial charge in [0.1, 0.15) is 5.83 Å². The van der Waals surface area contributed by atoms with E-state index in [1.807, 2.05) is 42.2 Å². The number of aromatic amines is 1. The van der Waals surface area contributed by atoms with Crippen LogP contribution in [-0.2, 0) is 20.7 Å². The summed E-state index contributed by atoms with van der Waals surface area (Å²) in [6, 6.07) is 15.6. The molecule has 0 radical (unpaired) electrons. The topological polar surface area (TPSA) is 120 Å². The number of H-pyrrole nitrogens is 1. The van der Waals surface area contributed by atoms with Crippen LogP contribution in [0.15, 0.2) is 85.0 Å². The number of nitrogens with one attached hydrogen (secondary N) is 2. The van der Waals surface area contributed by atoms with Gasteiger partial charge in [-0.3, -0.25) is 19.6 Å². The summed E-state index contributed by atoms with van der Waals surface area (Å²) in [6.45, 7) is 6.21. The fourth-order valence-corrected chi connectivity index (χ4v) is 6.63. The van der Waals surface area contributed by atoms with Crippen LogP contribution in [0.25, 0.3) is 22.3 Å². The minimum atomic E-state index is -0.787. The van der Waals surface area contributed by atoms with E-state index in [1.165, 1.54) is 12.2 Å². The number of allylic oxidation sites excluding steroid dienone is 4. The smallest absolute Gasteiger partial charge is 0.236 e. The van der Waals surface area contributed by atoms with E-state index in [9.17, 15) is 14.0 Å². The van der Waals surface area contributed by atoms with Crippen molar-refractivity contribution in [1.29, 1.82) is 0 Å². The third-order valence-electron chi connectivity index (χ3n) is 9.27. The van der Waals surface area contributed by atoms with Gasteiger partial charge in [-0.05, 0) is 80.1 Å². The van der Waals surface area contributed by atoms with Gasteiger partial charge >= 0.3 is 0 Å². The number of piperazine rings is 1. The number of fused-ring (bicyclic) bond motifs is 1. The zero-order chi connectivity index (χ0) is 34.2. The second kappa shape index (κ2) is 15.5. The summed E-state index contributed by atoms with van der Waals surface area (Å²) in [6.07, 6.45) is 9.89. The number of hydrogen-bond acceptors (Lipinski definition) is 8. The molecule has 0 saturated carbocycles. The van der Waals surface area contributed by atoms with Crippen molar-refractivity contribution < 1.29 is 18.7 Å². The molecule has 0 spiro atoms. The Labute approximate surface area is 285 Å². The Kier molecular flexibility index (Phi) is 10.8. The van der Waals surface area contributed by atoms with Crippen LogP contribution in [0.5, 0.6) is 0 Å². The van der Waals surface area contributed by atoms with E-state index in [0.29, 0.717) is 57.0 Å². The van der Waals surface area contributed by atoms with Crippen LogP contribution in [0.4, 0.5) is 15.8 Å². The van der Waals surface area contributed by atoms with Gasteiger partial charge in [0.25, 0.3) is 0 Å². The summed E-state index contributed by atoms with van der Waals surface area (Å²) in [5, 5.41) is 11.3. The van der Waals surface area contributed by atoms with Crippen LogP contribution in [0.2, 0.25) is 0 Å². The number of amides is 2. The van der Waals surface area contributed by atoms with Crippen molar-refractivity contribution >= 4 is 34.1 Å². The van der Waals surface area contributed by atoms with Gasteiger partial charge < -0.3 is 19.9 Å². The molecular weight excluding hydrogens is 623 g/mol. The molecule has 256 valence electrons. The molecule has 1 atom stereocenters. The molecule has 2 aromatic carbocycles. The molecule has 2 aromatic heterocycles. The Morgan fingerprint density at radius 1 is 1.06 bits per heavy atom. The fourth-order valence-electron chi connectivity index (χ4n) is 6.63. The number of hydrogen-bond donors (Lipinski definition) is 2. The van der Waals surface area contributed by atoms with E-state index in [2.05, 4.69) is 47.4 Å². The number of carbonyl (C=O) groups is 2. The quantitative estimate of drug-likeness (QED) is 0.203.